The molecule has 0 aliphatic heterocycles. The van der Waals surface area contributed by atoms with Crippen molar-refractivity contribution in [1.82, 2.24) is 0 Å². The van der Waals surface area contributed by atoms with E-state index in [4.69, 9.17) is 8.83 Å². The summed E-state index contributed by atoms with van der Waals surface area (Å²) in [6.45, 7) is 0. The highest BCUT2D eigenvalue weighted by Crippen LogP contribution is 2.41. The first-order valence-electron chi connectivity index (χ1n) is 16.1. The summed E-state index contributed by atoms with van der Waals surface area (Å²) in [7, 11) is 0. The zero-order valence-corrected chi connectivity index (χ0v) is 26.4. The highest BCUT2D eigenvalue weighted by molar-refractivity contribution is 6.11. The van der Waals surface area contributed by atoms with E-state index in [0.29, 0.717) is 33.4 Å². The lowest BCUT2D eigenvalue weighted by Gasteiger charge is -2.13. The fraction of sp³-hybridized carbons (Fsp3) is 0. The van der Waals surface area contributed by atoms with E-state index in [-0.39, 0.29) is 0 Å². The Morgan fingerprint density at radius 2 is 0.820 bits per heavy atom. The van der Waals surface area contributed by atoms with Crippen LogP contribution in [-0.2, 0) is 0 Å². The maximum absolute atomic E-state index is 10.5. The molecule has 2 heterocycles. The first-order chi connectivity index (χ1) is 24.7. The van der Waals surface area contributed by atoms with E-state index < -0.39 is 0 Å². The van der Waals surface area contributed by atoms with Crippen LogP contribution in [0.5, 0.6) is 0 Å². The summed E-state index contributed by atoms with van der Waals surface area (Å²) in [6.07, 6.45) is 0. The molecule has 0 aliphatic rings. The summed E-state index contributed by atoms with van der Waals surface area (Å²) in [5.74, 6) is 0. The maximum Gasteiger partial charge on any atom is 0.143 e. The van der Waals surface area contributed by atoms with E-state index in [2.05, 4.69) is 18.2 Å². The molecule has 7 aromatic carbocycles. The molecule has 9 aromatic rings. The molecule has 0 amide bonds. The van der Waals surface area contributed by atoms with Crippen molar-refractivity contribution in [1.29, 1.82) is 15.8 Å². The van der Waals surface area contributed by atoms with Crippen molar-refractivity contribution >= 4 is 43.9 Å². The number of benzene rings is 7. The van der Waals surface area contributed by atoms with Gasteiger partial charge in [-0.1, -0.05) is 115 Å². The smallest absolute Gasteiger partial charge is 0.143 e. The third kappa shape index (κ3) is 4.38. The van der Waals surface area contributed by atoms with Crippen LogP contribution in [0.2, 0.25) is 0 Å². The van der Waals surface area contributed by atoms with Gasteiger partial charge in [0, 0.05) is 54.9 Å². The topological polar surface area (TPSA) is 97.7 Å². The molecular formula is C45H23N3O2. The van der Waals surface area contributed by atoms with Gasteiger partial charge in [0.2, 0.25) is 0 Å². The normalized spacial score (nSPS) is 11.1. The van der Waals surface area contributed by atoms with Crippen molar-refractivity contribution in [3.63, 3.8) is 0 Å². The number of nitrogens with zero attached hydrogens (tertiary/aromatic N) is 3. The molecule has 0 saturated heterocycles. The molecule has 0 bridgehead atoms. The van der Waals surface area contributed by atoms with Gasteiger partial charge >= 0.3 is 0 Å². The van der Waals surface area contributed by atoms with Crippen LogP contribution >= 0.6 is 0 Å². The van der Waals surface area contributed by atoms with Crippen LogP contribution in [0, 0.1) is 34.0 Å². The van der Waals surface area contributed by atoms with Crippen LogP contribution in [0.4, 0.5) is 0 Å². The number of hydrogen-bond acceptors (Lipinski definition) is 5. The van der Waals surface area contributed by atoms with E-state index in [9.17, 15) is 15.8 Å². The molecule has 0 aliphatic carbocycles. The minimum absolute atomic E-state index is 0.403. The molecule has 0 fully saturated rings. The minimum atomic E-state index is 0.403. The third-order valence-electron chi connectivity index (χ3n) is 9.47. The Labute approximate surface area is 286 Å². The quantitative estimate of drug-likeness (QED) is 0.191. The first-order valence-corrected chi connectivity index (χ1v) is 16.1. The molecule has 5 heteroatoms. The fourth-order valence-electron chi connectivity index (χ4n) is 7.15. The van der Waals surface area contributed by atoms with Crippen LogP contribution in [0.25, 0.3) is 88.4 Å². The average Bonchev–Trinajstić information content (AvgIpc) is 3.76. The molecule has 9 rings (SSSR count). The van der Waals surface area contributed by atoms with E-state index in [0.717, 1.165) is 71.7 Å². The number of hydrogen-bond donors (Lipinski definition) is 0. The Morgan fingerprint density at radius 1 is 0.360 bits per heavy atom. The van der Waals surface area contributed by atoms with Crippen LogP contribution in [0.1, 0.15) is 16.7 Å². The molecule has 230 valence electrons. The maximum atomic E-state index is 10.5. The summed E-state index contributed by atoms with van der Waals surface area (Å²) in [5, 5.41) is 35.2. The van der Waals surface area contributed by atoms with Crippen LogP contribution in [0.15, 0.2) is 148 Å². The Hall–Kier alpha value is -7.39. The second kappa shape index (κ2) is 11.4. The van der Waals surface area contributed by atoms with Crippen LogP contribution < -0.4 is 0 Å². The molecule has 0 radical (unpaired) electrons. The summed E-state index contributed by atoms with van der Waals surface area (Å²) < 4.78 is 12.5. The van der Waals surface area contributed by atoms with Gasteiger partial charge in [-0.2, -0.15) is 15.8 Å². The van der Waals surface area contributed by atoms with Gasteiger partial charge in [0.1, 0.15) is 28.4 Å². The second-order valence-corrected chi connectivity index (χ2v) is 12.1. The number of furan rings is 2. The molecule has 2 aromatic heterocycles. The number of rotatable bonds is 4. The lowest BCUT2D eigenvalue weighted by molar-refractivity contribution is 0.669. The largest absolute Gasteiger partial charge is 0.455 e. The summed E-state index contributed by atoms with van der Waals surface area (Å²) in [5.41, 5.74) is 10.5. The van der Waals surface area contributed by atoms with Crippen LogP contribution in [-0.4, -0.2) is 0 Å². The zero-order valence-electron chi connectivity index (χ0n) is 26.4. The number of para-hydroxylation sites is 4. The van der Waals surface area contributed by atoms with Gasteiger partial charge in [0.15, 0.2) is 0 Å². The van der Waals surface area contributed by atoms with Gasteiger partial charge in [0.05, 0.1) is 28.8 Å². The van der Waals surface area contributed by atoms with Crippen molar-refractivity contribution in [2.45, 2.75) is 0 Å². The Kier molecular flexibility index (Phi) is 6.56. The third-order valence-corrected chi connectivity index (χ3v) is 9.47. The summed E-state index contributed by atoms with van der Waals surface area (Å²) >= 11 is 0. The lowest BCUT2D eigenvalue weighted by atomic mass is 9.88. The van der Waals surface area contributed by atoms with Gasteiger partial charge in [-0.05, 0) is 35.4 Å². The van der Waals surface area contributed by atoms with E-state index in [1.54, 1.807) is 6.07 Å². The van der Waals surface area contributed by atoms with Gasteiger partial charge in [-0.15, -0.1) is 0 Å². The van der Waals surface area contributed by atoms with Gasteiger partial charge in [-0.3, -0.25) is 0 Å². The lowest BCUT2D eigenvalue weighted by Crippen LogP contribution is -1.94. The molecule has 50 heavy (non-hydrogen) atoms. The monoisotopic (exact) mass is 637 g/mol. The average molecular weight is 638 g/mol. The predicted octanol–water partition coefficient (Wildman–Crippen LogP) is 11.8. The predicted molar refractivity (Wildman–Crippen MR) is 197 cm³/mol. The fourth-order valence-corrected chi connectivity index (χ4v) is 7.15. The molecule has 0 atom stereocenters. The highest BCUT2D eigenvalue weighted by Gasteiger charge is 2.20. The van der Waals surface area contributed by atoms with Crippen molar-refractivity contribution in [2.24, 2.45) is 0 Å². The Bertz CT molecular complexity index is 2980. The standard InChI is InChI=1S/C45H23N3O2/c46-24-29-22-27(31-10-5-12-35(41(31)26-48)38-13-7-15-40-37-9-2-4-17-43(37)50-45(38)40)18-20-32(29)33-21-19-28(23-30(33)25-47)34-11-6-14-39-36-8-1-3-16-42(36)49-44(34)39/h1-23H. The second-order valence-electron chi connectivity index (χ2n) is 12.1. The molecule has 0 saturated carbocycles. The number of nitriles is 3. The molecule has 0 unspecified atom stereocenters. The first kappa shape index (κ1) is 28.8. The molecule has 5 nitrogen and oxygen atoms in total. The summed E-state index contributed by atoms with van der Waals surface area (Å²) in [6, 6.07) is 52.0. The molecule has 0 spiro atoms. The summed E-state index contributed by atoms with van der Waals surface area (Å²) in [4.78, 5) is 0. The molecular weight excluding hydrogens is 615 g/mol. The van der Waals surface area contributed by atoms with E-state index in [1.807, 2.05) is 133 Å². The van der Waals surface area contributed by atoms with Gasteiger partial charge < -0.3 is 8.83 Å². The SMILES string of the molecule is N#Cc1cc(-c2cccc(-c3cccc4c3oc3ccccc34)c2C#N)ccc1-c1ccc(-c2cccc3c2oc2ccccc23)cc1C#N. The molecule has 0 N–H and O–H groups in total. The van der Waals surface area contributed by atoms with Crippen molar-refractivity contribution in [3.8, 4) is 62.7 Å². The Morgan fingerprint density at radius 3 is 1.40 bits per heavy atom. The highest BCUT2D eigenvalue weighted by atomic mass is 16.3. The van der Waals surface area contributed by atoms with E-state index in [1.165, 1.54) is 0 Å². The van der Waals surface area contributed by atoms with Crippen molar-refractivity contribution < 1.29 is 8.83 Å². The van der Waals surface area contributed by atoms with Gasteiger partial charge in [0.25, 0.3) is 0 Å². The Balaban J connectivity index is 1.14. The van der Waals surface area contributed by atoms with E-state index >= 15 is 0 Å². The number of fused-ring (bicyclic) bond motifs is 6. The van der Waals surface area contributed by atoms with Crippen molar-refractivity contribution in [2.75, 3.05) is 0 Å². The van der Waals surface area contributed by atoms with Gasteiger partial charge in [-0.25, -0.2) is 0 Å². The van der Waals surface area contributed by atoms with Crippen molar-refractivity contribution in [3.05, 3.63) is 156 Å². The zero-order chi connectivity index (χ0) is 33.8. The minimum Gasteiger partial charge on any atom is -0.455 e. The van der Waals surface area contributed by atoms with Crippen LogP contribution in [0.3, 0.4) is 0 Å².